The number of esters is 1. The van der Waals surface area contributed by atoms with Gasteiger partial charge in [0.05, 0.1) is 17.3 Å². The number of carbonyl (C=O) groups excluding carboxylic acids is 2. The van der Waals surface area contributed by atoms with Gasteiger partial charge in [-0.3, -0.25) is 9.59 Å². The van der Waals surface area contributed by atoms with E-state index in [9.17, 15) is 14.7 Å². The van der Waals surface area contributed by atoms with Gasteiger partial charge in [-0.05, 0) is 106 Å². The van der Waals surface area contributed by atoms with Crippen LogP contribution in [-0.2, 0) is 19.1 Å². The van der Waals surface area contributed by atoms with E-state index in [0.717, 1.165) is 51.4 Å². The zero-order chi connectivity index (χ0) is 27.4. The molecule has 1 heterocycles. The highest BCUT2D eigenvalue weighted by molar-refractivity contribution is 5.85. The van der Waals surface area contributed by atoms with Crippen molar-refractivity contribution in [2.75, 3.05) is 0 Å². The van der Waals surface area contributed by atoms with Crippen LogP contribution in [0.5, 0.6) is 0 Å². The number of aliphatic hydroxyl groups is 1. The van der Waals surface area contributed by atoms with Crippen LogP contribution in [0, 0.1) is 45.3 Å². The van der Waals surface area contributed by atoms with Crippen LogP contribution < -0.4 is 0 Å². The van der Waals surface area contributed by atoms with Crippen LogP contribution in [0.15, 0.2) is 0 Å². The molecular formula is C32H52O5. The van der Waals surface area contributed by atoms with E-state index < -0.39 is 5.60 Å². The second kappa shape index (κ2) is 8.29. The van der Waals surface area contributed by atoms with Crippen molar-refractivity contribution in [3.05, 3.63) is 0 Å². The Balaban J connectivity index is 1.55. The Hall–Kier alpha value is -0.940. The second-order valence-corrected chi connectivity index (χ2v) is 15.8. The van der Waals surface area contributed by atoms with Crippen LogP contribution in [-0.4, -0.2) is 40.3 Å². The number of hydrogen-bond acceptors (Lipinski definition) is 5. The van der Waals surface area contributed by atoms with Crippen molar-refractivity contribution in [3.8, 4) is 0 Å². The van der Waals surface area contributed by atoms with Crippen LogP contribution >= 0.6 is 0 Å². The third-order valence-electron chi connectivity index (χ3n) is 13.3. The summed E-state index contributed by atoms with van der Waals surface area (Å²) in [6.07, 6.45) is 8.42. The number of Topliss-reactive ketones (excluding diaryl/α,β-unsaturated/α-hetero) is 1. The molecule has 1 saturated heterocycles. The molecule has 0 aromatic heterocycles. The van der Waals surface area contributed by atoms with Crippen LogP contribution in [0.4, 0.5) is 0 Å². The van der Waals surface area contributed by atoms with Gasteiger partial charge in [-0.1, -0.05) is 34.6 Å². The summed E-state index contributed by atoms with van der Waals surface area (Å²) >= 11 is 0. The minimum atomic E-state index is -0.845. The number of rotatable bonds is 3. The van der Waals surface area contributed by atoms with Crippen molar-refractivity contribution in [2.45, 2.75) is 144 Å². The molecule has 0 aromatic rings. The summed E-state index contributed by atoms with van der Waals surface area (Å²) < 4.78 is 13.0. The van der Waals surface area contributed by atoms with E-state index in [-0.39, 0.29) is 51.4 Å². The van der Waals surface area contributed by atoms with Crippen molar-refractivity contribution in [3.63, 3.8) is 0 Å². The van der Waals surface area contributed by atoms with E-state index in [4.69, 9.17) is 9.47 Å². The van der Waals surface area contributed by atoms with Gasteiger partial charge in [0, 0.05) is 24.7 Å². The predicted molar refractivity (Wildman–Crippen MR) is 144 cm³/mol. The van der Waals surface area contributed by atoms with Crippen molar-refractivity contribution in [1.82, 2.24) is 0 Å². The summed E-state index contributed by atoms with van der Waals surface area (Å²) in [5.41, 5.74) is -1.33. The summed E-state index contributed by atoms with van der Waals surface area (Å²) in [6, 6.07) is 0. The van der Waals surface area contributed by atoms with Crippen LogP contribution in [0.3, 0.4) is 0 Å². The Labute approximate surface area is 224 Å². The first-order valence-corrected chi connectivity index (χ1v) is 15.0. The standard InChI is InChI=1S/C32H52O5/c1-19(33)36-22-18-21-20(32(9)17-13-25(37-32)28(4,5)35)10-15-30(21,7)31(8)16-11-23-27(2,3)24(34)12-14-29(23,6)26(22)31/h20-23,25-26,35H,10-18H2,1-9H3/t20-,21+,22+,23-,25+,26+,29-,30+,31+,32-/m0/s1. The molecule has 4 saturated carbocycles. The van der Waals surface area contributed by atoms with Gasteiger partial charge in [-0.25, -0.2) is 0 Å². The number of fused-ring (bicyclic) bond motifs is 5. The van der Waals surface area contributed by atoms with Crippen molar-refractivity contribution in [2.24, 2.45) is 45.3 Å². The number of ether oxygens (including phenoxy) is 2. The van der Waals surface area contributed by atoms with Crippen LogP contribution in [0.25, 0.3) is 0 Å². The average molecular weight is 517 g/mol. The van der Waals surface area contributed by atoms with Crippen molar-refractivity contribution >= 4 is 11.8 Å². The second-order valence-electron chi connectivity index (χ2n) is 15.8. The molecule has 1 N–H and O–H groups in total. The molecule has 0 unspecified atom stereocenters. The molecule has 37 heavy (non-hydrogen) atoms. The molecule has 10 atom stereocenters. The molecule has 0 bridgehead atoms. The maximum absolute atomic E-state index is 13.1. The van der Waals surface area contributed by atoms with E-state index in [1.807, 2.05) is 13.8 Å². The Bertz CT molecular complexity index is 965. The molecule has 210 valence electrons. The zero-order valence-electron chi connectivity index (χ0n) is 24.9. The first-order valence-electron chi connectivity index (χ1n) is 15.0. The Morgan fingerprint density at radius 2 is 1.59 bits per heavy atom. The first-order chi connectivity index (χ1) is 16.9. The van der Waals surface area contributed by atoms with Gasteiger partial charge in [0.15, 0.2) is 0 Å². The van der Waals surface area contributed by atoms with Gasteiger partial charge in [-0.2, -0.15) is 0 Å². The Morgan fingerprint density at radius 3 is 2.19 bits per heavy atom. The third kappa shape index (κ3) is 3.75. The molecule has 5 heteroatoms. The predicted octanol–water partition coefficient (Wildman–Crippen LogP) is 6.49. The summed E-state index contributed by atoms with van der Waals surface area (Å²) in [7, 11) is 0. The number of carbonyl (C=O) groups is 2. The summed E-state index contributed by atoms with van der Waals surface area (Å²) in [5, 5.41) is 10.7. The highest BCUT2D eigenvalue weighted by Gasteiger charge is 2.72. The molecule has 0 amide bonds. The fraction of sp³-hybridized carbons (Fsp3) is 0.938. The molecule has 5 rings (SSSR count). The van der Waals surface area contributed by atoms with Gasteiger partial charge in [-0.15, -0.1) is 0 Å². The summed E-state index contributed by atoms with van der Waals surface area (Å²) in [5.74, 6) is 1.57. The third-order valence-corrected chi connectivity index (χ3v) is 13.3. The molecule has 5 aliphatic rings. The van der Waals surface area contributed by atoms with E-state index in [0.29, 0.717) is 30.0 Å². The quantitative estimate of drug-likeness (QED) is 0.434. The lowest BCUT2D eigenvalue weighted by Gasteiger charge is -2.70. The van der Waals surface area contributed by atoms with Crippen molar-refractivity contribution < 1.29 is 24.2 Å². The molecule has 0 radical (unpaired) electrons. The van der Waals surface area contributed by atoms with Crippen molar-refractivity contribution in [1.29, 1.82) is 0 Å². The van der Waals surface area contributed by atoms with E-state index >= 15 is 0 Å². The molecule has 5 fully saturated rings. The van der Waals surface area contributed by atoms with Crippen LogP contribution in [0.1, 0.15) is 120 Å². The molecule has 4 aliphatic carbocycles. The molecule has 1 aliphatic heterocycles. The average Bonchev–Trinajstić information content (AvgIpc) is 3.33. The number of hydrogen-bond donors (Lipinski definition) is 1. The first kappa shape index (κ1) is 27.6. The number of ketones is 1. The lowest BCUT2D eigenvalue weighted by Crippen LogP contribution is -2.67. The maximum Gasteiger partial charge on any atom is 0.302 e. The lowest BCUT2D eigenvalue weighted by atomic mass is 9.35. The van der Waals surface area contributed by atoms with E-state index in [1.54, 1.807) is 6.92 Å². The topological polar surface area (TPSA) is 72.8 Å². The van der Waals surface area contributed by atoms with Gasteiger partial charge in [0.1, 0.15) is 11.9 Å². The van der Waals surface area contributed by atoms with Gasteiger partial charge < -0.3 is 14.6 Å². The summed E-state index contributed by atoms with van der Waals surface area (Å²) in [4.78, 5) is 25.6. The maximum atomic E-state index is 13.1. The Kier molecular flexibility index (Phi) is 6.19. The van der Waals surface area contributed by atoms with Gasteiger partial charge in [0.25, 0.3) is 0 Å². The fourth-order valence-corrected chi connectivity index (χ4v) is 11.3. The van der Waals surface area contributed by atoms with Gasteiger partial charge >= 0.3 is 5.97 Å². The molecule has 0 spiro atoms. The smallest absolute Gasteiger partial charge is 0.302 e. The lowest BCUT2D eigenvalue weighted by molar-refractivity contribution is -0.248. The highest BCUT2D eigenvalue weighted by atomic mass is 16.5. The molecule has 0 aromatic carbocycles. The normalized spacial score (nSPS) is 51.2. The monoisotopic (exact) mass is 516 g/mol. The zero-order valence-corrected chi connectivity index (χ0v) is 24.9. The van der Waals surface area contributed by atoms with E-state index in [2.05, 4.69) is 41.5 Å². The SMILES string of the molecule is CC(=O)O[C@@H]1C[C@@H]2[C@@H]([C@]3(C)CC[C@H](C(C)(C)O)O3)CC[C@@]2(C)[C@]2(C)CC[C@H]3C(C)(C)C(=O)CC[C@]3(C)[C@@H]12. The van der Waals surface area contributed by atoms with Gasteiger partial charge in [0.2, 0.25) is 0 Å². The minimum absolute atomic E-state index is 0.0249. The fourth-order valence-electron chi connectivity index (χ4n) is 11.3. The molecular weight excluding hydrogens is 464 g/mol. The van der Waals surface area contributed by atoms with E-state index in [1.165, 1.54) is 0 Å². The summed E-state index contributed by atoms with van der Waals surface area (Å²) in [6.45, 7) is 19.3. The largest absolute Gasteiger partial charge is 0.462 e. The molecule has 5 nitrogen and oxygen atoms in total. The Morgan fingerprint density at radius 1 is 0.946 bits per heavy atom. The highest BCUT2D eigenvalue weighted by Crippen LogP contribution is 2.76. The minimum Gasteiger partial charge on any atom is -0.462 e. The van der Waals surface area contributed by atoms with Crippen LogP contribution in [0.2, 0.25) is 0 Å².